The van der Waals surface area contributed by atoms with Gasteiger partial charge in [-0.3, -0.25) is 10.1 Å². The second-order valence-corrected chi connectivity index (χ2v) is 11.0. The third-order valence-corrected chi connectivity index (χ3v) is 7.87. The van der Waals surface area contributed by atoms with Crippen molar-refractivity contribution in [2.24, 2.45) is 11.8 Å². The molecule has 184 valence electrons. The van der Waals surface area contributed by atoms with E-state index >= 15 is 0 Å². The van der Waals surface area contributed by atoms with Crippen molar-refractivity contribution in [1.82, 2.24) is 14.5 Å². The number of aromatic nitrogens is 2. The summed E-state index contributed by atoms with van der Waals surface area (Å²) in [5, 5.41) is 10.4. The number of ether oxygens (including phenoxy) is 2. The van der Waals surface area contributed by atoms with Gasteiger partial charge in [0.2, 0.25) is 15.9 Å². The fourth-order valence-electron chi connectivity index (χ4n) is 4.47. The lowest BCUT2D eigenvalue weighted by molar-refractivity contribution is 0.102. The molecule has 35 heavy (non-hydrogen) atoms. The van der Waals surface area contributed by atoms with Gasteiger partial charge in [-0.2, -0.15) is 4.31 Å². The molecule has 0 aliphatic carbocycles. The average Bonchev–Trinajstić information content (AvgIpc) is 3.31. The van der Waals surface area contributed by atoms with Crippen molar-refractivity contribution < 1.29 is 27.1 Å². The van der Waals surface area contributed by atoms with Gasteiger partial charge in [-0.1, -0.05) is 18.9 Å². The molecule has 0 bridgehead atoms. The Balaban J connectivity index is 1.27. The Bertz CT molecular complexity index is 1330. The van der Waals surface area contributed by atoms with Crippen LogP contribution in [0.1, 0.15) is 30.6 Å². The quantitative estimate of drug-likeness (QED) is 0.567. The third-order valence-electron chi connectivity index (χ3n) is 6.02. The maximum absolute atomic E-state index is 13.1. The maximum atomic E-state index is 13.1. The summed E-state index contributed by atoms with van der Waals surface area (Å²) in [6, 6.07) is 11.0. The molecule has 5 rings (SSSR count). The molecule has 2 aliphatic rings. The Morgan fingerprint density at radius 2 is 1.66 bits per heavy atom. The van der Waals surface area contributed by atoms with Gasteiger partial charge in [0, 0.05) is 24.2 Å². The summed E-state index contributed by atoms with van der Waals surface area (Å²) < 4.78 is 44.3. The fourth-order valence-corrected chi connectivity index (χ4v) is 6.15. The summed E-state index contributed by atoms with van der Waals surface area (Å²) in [4.78, 5) is 12.8. The molecule has 3 aromatic rings. The number of hydrogen-bond donors (Lipinski definition) is 1. The molecule has 2 aliphatic heterocycles. The van der Waals surface area contributed by atoms with Crippen LogP contribution in [0.2, 0.25) is 0 Å². The lowest BCUT2D eigenvalue weighted by Gasteiger charge is -2.34. The van der Waals surface area contributed by atoms with Crippen LogP contribution in [0, 0.1) is 11.8 Å². The van der Waals surface area contributed by atoms with E-state index in [2.05, 4.69) is 29.4 Å². The first-order valence-corrected chi connectivity index (χ1v) is 12.9. The van der Waals surface area contributed by atoms with Crippen molar-refractivity contribution in [2.45, 2.75) is 25.2 Å². The van der Waals surface area contributed by atoms with E-state index in [1.165, 1.54) is 28.6 Å². The lowest BCUT2D eigenvalue weighted by Crippen LogP contribution is -2.42. The van der Waals surface area contributed by atoms with Crippen molar-refractivity contribution in [1.29, 1.82) is 0 Å². The second kappa shape index (κ2) is 9.31. The number of nitrogens with one attached hydrogen (secondary N) is 1. The molecule has 1 N–H and O–H groups in total. The first-order chi connectivity index (χ1) is 16.8. The largest absolute Gasteiger partial charge is 0.486 e. The summed E-state index contributed by atoms with van der Waals surface area (Å²) in [7, 11) is -3.62. The van der Waals surface area contributed by atoms with Crippen LogP contribution < -0.4 is 14.8 Å². The van der Waals surface area contributed by atoms with Crippen LogP contribution in [-0.4, -0.2) is 55.1 Å². The molecule has 11 heteroatoms. The minimum absolute atomic E-state index is 0.0760. The molecule has 2 atom stereocenters. The first-order valence-electron chi connectivity index (χ1n) is 11.4. The number of anilines is 1. The third kappa shape index (κ3) is 4.87. The van der Waals surface area contributed by atoms with Gasteiger partial charge in [0.15, 0.2) is 11.5 Å². The molecule has 0 unspecified atom stereocenters. The number of sulfonamides is 1. The minimum atomic E-state index is -3.62. The molecule has 3 heterocycles. The van der Waals surface area contributed by atoms with Crippen molar-refractivity contribution in [2.75, 3.05) is 31.6 Å². The molecular formula is C24H26N4O6S. The lowest BCUT2D eigenvalue weighted by atomic mass is 9.94. The standard InChI is InChI=1S/C24H26N4O6S/c1-15-11-16(2)14-28(13-15)35(30,31)19-6-3-17(4-7-19)22(29)25-24-27-26-23(34-24)18-5-8-20-21(12-18)33-10-9-32-20/h3-8,12,15-16H,9-11,13-14H2,1-2H3,(H,25,27,29)/t15-,16+. The number of nitrogens with zero attached hydrogens (tertiary/aromatic N) is 3. The maximum Gasteiger partial charge on any atom is 0.322 e. The van der Waals surface area contributed by atoms with E-state index in [9.17, 15) is 13.2 Å². The predicted molar refractivity (Wildman–Crippen MR) is 127 cm³/mol. The Morgan fingerprint density at radius 3 is 2.37 bits per heavy atom. The van der Waals surface area contributed by atoms with Gasteiger partial charge >= 0.3 is 6.01 Å². The number of benzene rings is 2. The highest BCUT2D eigenvalue weighted by Gasteiger charge is 2.31. The van der Waals surface area contributed by atoms with Gasteiger partial charge in [0.25, 0.3) is 5.91 Å². The van der Waals surface area contributed by atoms with E-state index in [0.29, 0.717) is 55.2 Å². The Labute approximate surface area is 203 Å². The molecule has 1 fully saturated rings. The van der Waals surface area contributed by atoms with Crippen LogP contribution in [0.25, 0.3) is 11.5 Å². The van der Waals surface area contributed by atoms with E-state index in [-0.39, 0.29) is 22.4 Å². The summed E-state index contributed by atoms with van der Waals surface area (Å²) in [5.41, 5.74) is 0.890. The SMILES string of the molecule is C[C@@H]1C[C@H](C)CN(S(=O)(=O)c2ccc(C(=O)Nc3nnc(-c4ccc5c(c4)OCCO5)o3)cc2)C1. The van der Waals surface area contributed by atoms with E-state index < -0.39 is 15.9 Å². The Hall–Kier alpha value is -3.44. The highest BCUT2D eigenvalue weighted by Crippen LogP contribution is 2.34. The van der Waals surface area contributed by atoms with Crippen molar-refractivity contribution in [3.05, 3.63) is 48.0 Å². The highest BCUT2D eigenvalue weighted by molar-refractivity contribution is 7.89. The van der Waals surface area contributed by atoms with Crippen LogP contribution in [-0.2, 0) is 10.0 Å². The number of carbonyl (C=O) groups excluding carboxylic acids is 1. The summed E-state index contributed by atoms with van der Waals surface area (Å²) in [6.45, 7) is 6.06. The van der Waals surface area contributed by atoms with Gasteiger partial charge in [0.05, 0.1) is 4.90 Å². The summed E-state index contributed by atoms with van der Waals surface area (Å²) in [6.07, 6.45) is 1.01. The number of fused-ring (bicyclic) bond motifs is 1. The van der Waals surface area contributed by atoms with Crippen LogP contribution in [0.3, 0.4) is 0 Å². The van der Waals surface area contributed by atoms with Gasteiger partial charge in [-0.05, 0) is 60.7 Å². The van der Waals surface area contributed by atoms with Crippen LogP contribution >= 0.6 is 0 Å². The molecule has 0 spiro atoms. The Morgan fingerprint density at radius 1 is 0.971 bits per heavy atom. The topological polar surface area (TPSA) is 124 Å². The van der Waals surface area contributed by atoms with Crippen LogP contribution in [0.15, 0.2) is 51.8 Å². The number of amides is 1. The smallest absolute Gasteiger partial charge is 0.322 e. The highest BCUT2D eigenvalue weighted by atomic mass is 32.2. The molecule has 1 aromatic heterocycles. The summed E-state index contributed by atoms with van der Waals surface area (Å²) in [5.74, 6) is 1.55. The predicted octanol–water partition coefficient (Wildman–Crippen LogP) is 3.43. The summed E-state index contributed by atoms with van der Waals surface area (Å²) >= 11 is 0. The molecule has 1 amide bonds. The zero-order valence-corrected chi connectivity index (χ0v) is 20.2. The van der Waals surface area contributed by atoms with E-state index in [1.807, 2.05) is 0 Å². The van der Waals surface area contributed by atoms with Crippen LogP contribution in [0.5, 0.6) is 11.5 Å². The normalized spacial score (nSPS) is 20.4. The van der Waals surface area contributed by atoms with E-state index in [0.717, 1.165) is 6.42 Å². The van der Waals surface area contributed by atoms with E-state index in [1.54, 1.807) is 18.2 Å². The molecule has 0 saturated carbocycles. The Kier molecular flexibility index (Phi) is 6.20. The van der Waals surface area contributed by atoms with Gasteiger partial charge in [-0.25, -0.2) is 8.42 Å². The molecule has 0 radical (unpaired) electrons. The number of rotatable bonds is 5. The zero-order valence-electron chi connectivity index (χ0n) is 19.4. The molecule has 10 nitrogen and oxygen atoms in total. The average molecular weight is 499 g/mol. The minimum Gasteiger partial charge on any atom is -0.486 e. The van der Waals surface area contributed by atoms with Gasteiger partial charge in [0.1, 0.15) is 13.2 Å². The van der Waals surface area contributed by atoms with Gasteiger partial charge < -0.3 is 13.9 Å². The first kappa shape index (κ1) is 23.3. The number of carbonyl (C=O) groups is 1. The monoisotopic (exact) mass is 498 g/mol. The number of hydrogen-bond acceptors (Lipinski definition) is 8. The van der Waals surface area contributed by atoms with Gasteiger partial charge in [-0.15, -0.1) is 5.10 Å². The zero-order chi connectivity index (χ0) is 24.6. The second-order valence-electron chi connectivity index (χ2n) is 9.02. The molecular weight excluding hydrogens is 472 g/mol. The molecule has 1 saturated heterocycles. The van der Waals surface area contributed by atoms with E-state index in [4.69, 9.17) is 13.9 Å². The molecule has 2 aromatic carbocycles. The fraction of sp³-hybridized carbons (Fsp3) is 0.375. The van der Waals surface area contributed by atoms with Crippen molar-refractivity contribution in [3.63, 3.8) is 0 Å². The van der Waals surface area contributed by atoms with Crippen LogP contribution in [0.4, 0.5) is 6.01 Å². The van der Waals surface area contributed by atoms with Crippen molar-refractivity contribution in [3.8, 4) is 23.0 Å². The number of piperidine rings is 1. The van der Waals surface area contributed by atoms with Crippen molar-refractivity contribution >= 4 is 21.9 Å².